The van der Waals surface area contributed by atoms with Crippen molar-refractivity contribution in [2.75, 3.05) is 5.88 Å². The van der Waals surface area contributed by atoms with Gasteiger partial charge >= 0.3 is 0 Å². The topological polar surface area (TPSA) is 9.23 Å². The molecule has 1 unspecified atom stereocenters. The van der Waals surface area contributed by atoms with Crippen LogP contribution in [0.1, 0.15) is 27.7 Å². The molecule has 0 aromatic heterocycles. The third-order valence-electron chi connectivity index (χ3n) is 2.78. The van der Waals surface area contributed by atoms with Crippen molar-refractivity contribution in [1.82, 2.24) is 0 Å². The molecule has 0 aliphatic carbocycles. The Labute approximate surface area is 94.6 Å². The van der Waals surface area contributed by atoms with Crippen LogP contribution in [0.4, 0.5) is 0 Å². The molecule has 0 radical (unpaired) electrons. The molecule has 0 amide bonds. The van der Waals surface area contributed by atoms with E-state index in [4.69, 9.17) is 16.0 Å². The Kier molecular flexibility index (Phi) is 5.41. The van der Waals surface area contributed by atoms with E-state index in [0.29, 0.717) is 5.88 Å². The lowest BCUT2D eigenvalue weighted by atomic mass is 10.2. The fourth-order valence-corrected chi connectivity index (χ4v) is 2.39. The third-order valence-corrected chi connectivity index (χ3v) is 7.53. The first-order valence-electron chi connectivity index (χ1n) is 5.11. The van der Waals surface area contributed by atoms with E-state index in [1.807, 2.05) is 12.2 Å². The molecule has 0 aliphatic rings. The summed E-state index contributed by atoms with van der Waals surface area (Å²) in [5.41, 5.74) is 0. The molecular formula is C11H23ClOSi. The van der Waals surface area contributed by atoms with E-state index >= 15 is 0 Å². The van der Waals surface area contributed by atoms with Crippen molar-refractivity contribution >= 4 is 19.9 Å². The quantitative estimate of drug-likeness (QED) is 0.403. The number of rotatable bonds is 4. The molecule has 1 atom stereocenters. The van der Waals surface area contributed by atoms with Crippen LogP contribution in [0.15, 0.2) is 12.2 Å². The molecule has 0 spiro atoms. The summed E-state index contributed by atoms with van der Waals surface area (Å²) in [6.07, 6.45) is 4.15. The minimum absolute atomic E-state index is 0.176. The SMILES string of the molecule is CC(/C=C/CCl)O[Si](C)(C)C(C)(C)C. The van der Waals surface area contributed by atoms with Crippen LogP contribution in [0.3, 0.4) is 0 Å². The monoisotopic (exact) mass is 234 g/mol. The van der Waals surface area contributed by atoms with Gasteiger partial charge in [-0.15, -0.1) is 11.6 Å². The standard InChI is InChI=1S/C11H23ClOSi/c1-10(8-7-9-12)13-14(5,6)11(2,3)4/h7-8,10H,9H2,1-6H3/b8-7+. The number of allylic oxidation sites excluding steroid dienone is 1. The highest BCUT2D eigenvalue weighted by atomic mass is 35.5. The van der Waals surface area contributed by atoms with Gasteiger partial charge in [-0.2, -0.15) is 0 Å². The second-order valence-electron chi connectivity index (χ2n) is 5.17. The molecule has 0 heterocycles. The van der Waals surface area contributed by atoms with E-state index in [1.165, 1.54) is 0 Å². The fraction of sp³-hybridized carbons (Fsp3) is 0.818. The summed E-state index contributed by atoms with van der Waals surface area (Å²) in [4.78, 5) is 0. The summed E-state index contributed by atoms with van der Waals surface area (Å²) in [7, 11) is -1.61. The minimum Gasteiger partial charge on any atom is -0.411 e. The van der Waals surface area contributed by atoms with Crippen molar-refractivity contribution < 1.29 is 4.43 Å². The maximum absolute atomic E-state index is 6.10. The first-order valence-corrected chi connectivity index (χ1v) is 8.55. The number of hydrogen-bond acceptors (Lipinski definition) is 1. The van der Waals surface area contributed by atoms with Crippen molar-refractivity contribution in [2.24, 2.45) is 0 Å². The van der Waals surface area contributed by atoms with Crippen molar-refractivity contribution in [1.29, 1.82) is 0 Å². The smallest absolute Gasteiger partial charge is 0.192 e. The van der Waals surface area contributed by atoms with Crippen molar-refractivity contribution in [3.63, 3.8) is 0 Å². The highest BCUT2D eigenvalue weighted by Crippen LogP contribution is 2.37. The molecule has 14 heavy (non-hydrogen) atoms. The normalized spacial score (nSPS) is 16.2. The maximum atomic E-state index is 6.10. The summed E-state index contributed by atoms with van der Waals surface area (Å²) < 4.78 is 6.10. The summed E-state index contributed by atoms with van der Waals surface area (Å²) in [6.45, 7) is 13.3. The number of alkyl halides is 1. The van der Waals surface area contributed by atoms with E-state index < -0.39 is 8.32 Å². The van der Waals surface area contributed by atoms with Gasteiger partial charge in [0, 0.05) is 5.88 Å². The first kappa shape index (κ1) is 14.2. The molecule has 0 N–H and O–H groups in total. The maximum Gasteiger partial charge on any atom is 0.192 e. The number of hydrogen-bond donors (Lipinski definition) is 0. The second kappa shape index (κ2) is 5.33. The third kappa shape index (κ3) is 4.62. The van der Waals surface area contributed by atoms with E-state index in [1.54, 1.807) is 0 Å². The van der Waals surface area contributed by atoms with Gasteiger partial charge in [0.15, 0.2) is 8.32 Å². The molecular weight excluding hydrogens is 212 g/mol. The van der Waals surface area contributed by atoms with Crippen LogP contribution in [0.5, 0.6) is 0 Å². The largest absolute Gasteiger partial charge is 0.411 e. The lowest BCUT2D eigenvalue weighted by Crippen LogP contribution is -2.42. The fourth-order valence-electron chi connectivity index (χ4n) is 0.924. The molecule has 0 saturated heterocycles. The van der Waals surface area contributed by atoms with Crippen molar-refractivity contribution in [3.8, 4) is 0 Å². The Balaban J connectivity index is 4.29. The lowest BCUT2D eigenvalue weighted by Gasteiger charge is -2.37. The van der Waals surface area contributed by atoms with Crippen molar-refractivity contribution in [3.05, 3.63) is 12.2 Å². The molecule has 3 heteroatoms. The van der Waals surface area contributed by atoms with E-state index in [-0.39, 0.29) is 11.1 Å². The van der Waals surface area contributed by atoms with Gasteiger partial charge in [-0.05, 0) is 25.1 Å². The minimum atomic E-state index is -1.61. The molecule has 0 aliphatic heterocycles. The summed E-state index contributed by atoms with van der Waals surface area (Å²) in [6, 6.07) is 0. The van der Waals surface area contributed by atoms with E-state index in [0.717, 1.165) is 0 Å². The van der Waals surface area contributed by atoms with Crippen molar-refractivity contribution in [2.45, 2.75) is 51.9 Å². The highest BCUT2D eigenvalue weighted by Gasteiger charge is 2.37. The molecule has 0 saturated carbocycles. The predicted molar refractivity (Wildman–Crippen MR) is 67.6 cm³/mol. The van der Waals surface area contributed by atoms with Crippen LogP contribution in [-0.4, -0.2) is 20.3 Å². The summed E-state index contributed by atoms with van der Waals surface area (Å²) in [5.74, 6) is 0.561. The molecule has 0 aromatic carbocycles. The zero-order valence-electron chi connectivity index (χ0n) is 10.2. The van der Waals surface area contributed by atoms with E-state index in [2.05, 4.69) is 40.8 Å². The van der Waals surface area contributed by atoms with Gasteiger partial charge in [0.2, 0.25) is 0 Å². The Bertz CT molecular complexity index is 194. The average molecular weight is 235 g/mol. The average Bonchev–Trinajstić information content (AvgIpc) is 1.97. The van der Waals surface area contributed by atoms with E-state index in [9.17, 15) is 0 Å². The predicted octanol–water partition coefficient (Wildman–Crippen LogP) is 4.19. The van der Waals surface area contributed by atoms with Gasteiger partial charge in [0.25, 0.3) is 0 Å². The zero-order chi connectivity index (χ0) is 11.4. The molecule has 0 bridgehead atoms. The summed E-state index contributed by atoms with van der Waals surface area (Å²) in [5, 5.41) is 0.274. The Morgan fingerprint density at radius 3 is 2.21 bits per heavy atom. The van der Waals surface area contributed by atoms with Gasteiger partial charge in [-0.1, -0.05) is 32.9 Å². The number of halogens is 1. The van der Waals surface area contributed by atoms with Gasteiger partial charge in [-0.3, -0.25) is 0 Å². The Morgan fingerprint density at radius 1 is 1.36 bits per heavy atom. The van der Waals surface area contributed by atoms with Crippen LogP contribution in [0.2, 0.25) is 18.1 Å². The molecule has 0 fully saturated rings. The van der Waals surface area contributed by atoms with Crippen LogP contribution < -0.4 is 0 Å². The zero-order valence-corrected chi connectivity index (χ0v) is 12.0. The Hall–Kier alpha value is 0.207. The summed E-state index contributed by atoms with van der Waals surface area (Å²) >= 11 is 5.58. The van der Waals surface area contributed by atoms with Crippen LogP contribution in [0, 0.1) is 0 Å². The molecule has 0 aromatic rings. The first-order chi connectivity index (χ1) is 6.20. The molecule has 0 rings (SSSR count). The van der Waals surface area contributed by atoms with Gasteiger partial charge in [-0.25, -0.2) is 0 Å². The van der Waals surface area contributed by atoms with Gasteiger partial charge in [0.1, 0.15) is 0 Å². The van der Waals surface area contributed by atoms with Crippen LogP contribution >= 0.6 is 11.6 Å². The van der Waals surface area contributed by atoms with Crippen LogP contribution in [-0.2, 0) is 4.43 Å². The lowest BCUT2D eigenvalue weighted by molar-refractivity contribution is 0.243. The molecule has 1 nitrogen and oxygen atoms in total. The van der Waals surface area contributed by atoms with Gasteiger partial charge in [0.05, 0.1) is 6.10 Å². The van der Waals surface area contributed by atoms with Crippen LogP contribution in [0.25, 0.3) is 0 Å². The van der Waals surface area contributed by atoms with Gasteiger partial charge < -0.3 is 4.43 Å². The Morgan fingerprint density at radius 2 is 1.86 bits per heavy atom. The second-order valence-corrected chi connectivity index (χ2v) is 10.2. The highest BCUT2D eigenvalue weighted by molar-refractivity contribution is 6.74. The molecule has 84 valence electrons.